The zero-order chi connectivity index (χ0) is 12.3. The number of hydrogen-bond donors (Lipinski definition) is 2. The molecule has 5 nitrogen and oxygen atoms in total. The van der Waals surface area contributed by atoms with Crippen LogP contribution in [0.2, 0.25) is 0 Å². The van der Waals surface area contributed by atoms with Crippen molar-refractivity contribution in [2.75, 3.05) is 0 Å². The molecule has 0 fully saturated rings. The quantitative estimate of drug-likeness (QED) is 0.825. The number of benzene rings is 1. The Morgan fingerprint density at radius 3 is 2.47 bits per heavy atom. The summed E-state index contributed by atoms with van der Waals surface area (Å²) < 4.78 is 0.971. The molecule has 0 bridgehead atoms. The molecule has 1 aromatic carbocycles. The fraction of sp³-hybridized carbons (Fsp3) is 0. The van der Waals surface area contributed by atoms with Crippen LogP contribution in [0.25, 0.3) is 0 Å². The van der Waals surface area contributed by atoms with Crippen LogP contribution in [0, 0.1) is 0 Å². The lowest BCUT2D eigenvalue weighted by atomic mass is 10.2. The highest BCUT2D eigenvalue weighted by molar-refractivity contribution is 9.10. The molecule has 2 rings (SSSR count). The highest BCUT2D eigenvalue weighted by atomic mass is 79.9. The number of aromatic nitrogens is 2. The van der Waals surface area contributed by atoms with Crippen LogP contribution in [-0.4, -0.2) is 16.2 Å². The van der Waals surface area contributed by atoms with Gasteiger partial charge in [-0.1, -0.05) is 28.1 Å². The number of nitrogens with one attached hydrogen (secondary N) is 2. The zero-order valence-electron chi connectivity index (χ0n) is 8.61. The molecule has 0 aliphatic rings. The zero-order valence-corrected chi connectivity index (χ0v) is 10.2. The Hall–Kier alpha value is -1.95. The summed E-state index contributed by atoms with van der Waals surface area (Å²) in [6, 6.07) is 8.69. The molecular formula is C11H8BrN3O2. The number of aliphatic imine (C=N–C) groups is 1. The molecule has 17 heavy (non-hydrogen) atoms. The highest BCUT2D eigenvalue weighted by Crippen LogP contribution is 2.09. The van der Waals surface area contributed by atoms with Gasteiger partial charge in [-0.2, -0.15) is 0 Å². The minimum Gasteiger partial charge on any atom is -0.292 e. The van der Waals surface area contributed by atoms with Crippen LogP contribution in [-0.2, 0) is 0 Å². The molecule has 0 saturated carbocycles. The van der Waals surface area contributed by atoms with Gasteiger partial charge in [0.05, 0.1) is 0 Å². The van der Waals surface area contributed by atoms with Crippen LogP contribution in [0.5, 0.6) is 0 Å². The van der Waals surface area contributed by atoms with Crippen LogP contribution in [0.3, 0.4) is 0 Å². The average molecular weight is 294 g/mol. The Kier molecular flexibility index (Phi) is 3.34. The molecule has 6 heteroatoms. The summed E-state index contributed by atoms with van der Waals surface area (Å²) in [5.41, 5.74) is -0.175. The van der Waals surface area contributed by atoms with Crippen LogP contribution >= 0.6 is 15.9 Å². The molecule has 0 saturated heterocycles. The van der Waals surface area contributed by atoms with Gasteiger partial charge in [-0.25, -0.2) is 9.79 Å². The predicted molar refractivity (Wildman–Crippen MR) is 69.1 cm³/mol. The third-order valence-electron chi connectivity index (χ3n) is 1.97. The van der Waals surface area contributed by atoms with E-state index in [-0.39, 0.29) is 5.82 Å². The van der Waals surface area contributed by atoms with E-state index < -0.39 is 11.2 Å². The van der Waals surface area contributed by atoms with E-state index in [2.05, 4.69) is 30.9 Å². The minimum atomic E-state index is -0.569. The summed E-state index contributed by atoms with van der Waals surface area (Å²) in [6.45, 7) is 0. The van der Waals surface area contributed by atoms with Gasteiger partial charge in [0.25, 0.3) is 5.56 Å². The Morgan fingerprint density at radius 2 is 1.82 bits per heavy atom. The molecule has 1 aromatic heterocycles. The molecule has 0 amide bonds. The summed E-state index contributed by atoms with van der Waals surface area (Å²) in [7, 11) is 0. The first kappa shape index (κ1) is 11.5. The van der Waals surface area contributed by atoms with Crippen molar-refractivity contribution in [2.45, 2.75) is 0 Å². The van der Waals surface area contributed by atoms with E-state index in [4.69, 9.17) is 0 Å². The summed E-state index contributed by atoms with van der Waals surface area (Å²) in [4.78, 5) is 30.5. The van der Waals surface area contributed by atoms with Crippen molar-refractivity contribution in [3.63, 3.8) is 0 Å². The smallest absolute Gasteiger partial charge is 0.292 e. The lowest BCUT2D eigenvalue weighted by Gasteiger charge is -1.94. The van der Waals surface area contributed by atoms with Crippen molar-refractivity contribution in [1.29, 1.82) is 0 Å². The van der Waals surface area contributed by atoms with Crippen LogP contribution in [0.1, 0.15) is 5.56 Å². The monoisotopic (exact) mass is 293 g/mol. The van der Waals surface area contributed by atoms with Crippen LogP contribution in [0.4, 0.5) is 5.82 Å². The summed E-state index contributed by atoms with van der Waals surface area (Å²) in [5, 5.41) is 0. The molecule has 1 heterocycles. The first-order chi connectivity index (χ1) is 8.13. The molecular weight excluding hydrogens is 286 g/mol. The van der Waals surface area contributed by atoms with Gasteiger partial charge in [-0.05, 0) is 17.7 Å². The van der Waals surface area contributed by atoms with Gasteiger partial charge >= 0.3 is 5.69 Å². The minimum absolute atomic E-state index is 0.224. The van der Waals surface area contributed by atoms with Gasteiger partial charge in [0.15, 0.2) is 0 Å². The van der Waals surface area contributed by atoms with E-state index in [0.29, 0.717) is 0 Å². The summed E-state index contributed by atoms with van der Waals surface area (Å²) >= 11 is 3.32. The third kappa shape index (κ3) is 3.25. The second-order valence-electron chi connectivity index (χ2n) is 3.28. The number of nitrogens with zero attached hydrogens (tertiary/aromatic N) is 1. The molecule has 0 radical (unpaired) electrons. The lowest BCUT2D eigenvalue weighted by molar-refractivity contribution is 1.03. The maximum Gasteiger partial charge on any atom is 0.327 e. The molecule has 2 N–H and O–H groups in total. The standard InChI is InChI=1S/C11H8BrN3O2/c12-8-3-1-7(2-4-8)6-13-9-5-10(16)15-11(17)14-9/h1-6H,(H2,14,15,16,17). The third-order valence-corrected chi connectivity index (χ3v) is 2.50. The van der Waals surface area contributed by atoms with Crippen molar-refractivity contribution in [1.82, 2.24) is 9.97 Å². The number of halogens is 1. The van der Waals surface area contributed by atoms with Crippen molar-refractivity contribution < 1.29 is 0 Å². The van der Waals surface area contributed by atoms with E-state index in [0.717, 1.165) is 10.0 Å². The van der Waals surface area contributed by atoms with Gasteiger partial charge in [0.2, 0.25) is 0 Å². The first-order valence-electron chi connectivity index (χ1n) is 4.77. The van der Waals surface area contributed by atoms with E-state index in [9.17, 15) is 9.59 Å². The molecule has 86 valence electrons. The number of hydrogen-bond acceptors (Lipinski definition) is 3. The van der Waals surface area contributed by atoms with Gasteiger partial charge in [-0.3, -0.25) is 14.8 Å². The van der Waals surface area contributed by atoms with Gasteiger partial charge in [0.1, 0.15) is 5.82 Å². The predicted octanol–water partition coefficient (Wildman–Crippen LogP) is 1.58. The van der Waals surface area contributed by atoms with E-state index in [1.54, 1.807) is 6.21 Å². The SMILES string of the molecule is O=c1cc(N=Cc2ccc(Br)cc2)[nH]c(=O)[nH]1. The van der Waals surface area contributed by atoms with Gasteiger partial charge in [0, 0.05) is 16.8 Å². The summed E-state index contributed by atoms with van der Waals surface area (Å²) in [5.74, 6) is 0.224. The Labute approximate surface area is 104 Å². The molecule has 2 aromatic rings. The molecule has 0 spiro atoms. The highest BCUT2D eigenvalue weighted by Gasteiger charge is 1.93. The average Bonchev–Trinajstić information content (AvgIpc) is 2.27. The molecule has 0 atom stereocenters. The van der Waals surface area contributed by atoms with E-state index in [1.165, 1.54) is 6.07 Å². The Balaban J connectivity index is 2.28. The van der Waals surface area contributed by atoms with Crippen LogP contribution in [0.15, 0.2) is 49.4 Å². The van der Waals surface area contributed by atoms with Gasteiger partial charge < -0.3 is 0 Å². The van der Waals surface area contributed by atoms with Crippen molar-refractivity contribution in [3.8, 4) is 0 Å². The maximum atomic E-state index is 11.0. The maximum absolute atomic E-state index is 11.0. The second-order valence-corrected chi connectivity index (χ2v) is 4.20. The fourth-order valence-electron chi connectivity index (χ4n) is 1.22. The normalized spacial score (nSPS) is 10.9. The second kappa shape index (κ2) is 4.92. The molecule has 0 unspecified atom stereocenters. The number of H-pyrrole nitrogens is 2. The Morgan fingerprint density at radius 1 is 1.12 bits per heavy atom. The number of aromatic amines is 2. The van der Waals surface area contributed by atoms with E-state index in [1.807, 2.05) is 24.3 Å². The largest absolute Gasteiger partial charge is 0.327 e. The van der Waals surface area contributed by atoms with Gasteiger partial charge in [-0.15, -0.1) is 0 Å². The number of rotatable bonds is 2. The first-order valence-corrected chi connectivity index (χ1v) is 5.56. The van der Waals surface area contributed by atoms with Crippen molar-refractivity contribution in [2.24, 2.45) is 4.99 Å². The molecule has 0 aliphatic carbocycles. The lowest BCUT2D eigenvalue weighted by Crippen LogP contribution is -2.20. The topological polar surface area (TPSA) is 78.1 Å². The Bertz CT molecular complexity index is 627. The molecule has 0 aliphatic heterocycles. The van der Waals surface area contributed by atoms with E-state index >= 15 is 0 Å². The van der Waals surface area contributed by atoms with Crippen molar-refractivity contribution in [3.05, 3.63) is 61.2 Å². The van der Waals surface area contributed by atoms with Crippen LogP contribution < -0.4 is 11.2 Å². The fourth-order valence-corrected chi connectivity index (χ4v) is 1.48. The summed E-state index contributed by atoms with van der Waals surface area (Å²) in [6.07, 6.45) is 1.57. The van der Waals surface area contributed by atoms with Crippen molar-refractivity contribution >= 4 is 28.0 Å².